The lowest BCUT2D eigenvalue weighted by Crippen LogP contribution is -2.37. The van der Waals surface area contributed by atoms with Gasteiger partial charge in [0.1, 0.15) is 11.7 Å². The molecular formula is C14H20FN3O. The highest BCUT2D eigenvalue weighted by Crippen LogP contribution is 2.28. The minimum Gasteiger partial charge on any atom is -0.393 e. The van der Waals surface area contributed by atoms with Crippen LogP contribution in [0.25, 0.3) is 0 Å². The summed E-state index contributed by atoms with van der Waals surface area (Å²) in [5.41, 5.74) is 6.05. The van der Waals surface area contributed by atoms with E-state index in [1.165, 1.54) is 6.07 Å². The van der Waals surface area contributed by atoms with Gasteiger partial charge < -0.3 is 15.7 Å². The molecule has 1 fully saturated rings. The van der Waals surface area contributed by atoms with Crippen LogP contribution < -0.4 is 5.73 Å². The molecule has 0 radical (unpaired) electrons. The van der Waals surface area contributed by atoms with Gasteiger partial charge in [-0.05, 0) is 31.9 Å². The predicted molar refractivity (Wildman–Crippen MR) is 72.5 cm³/mol. The number of rotatable bonds is 5. The van der Waals surface area contributed by atoms with Crippen LogP contribution in [-0.4, -0.2) is 35.5 Å². The van der Waals surface area contributed by atoms with Crippen LogP contribution in [0.2, 0.25) is 0 Å². The molecule has 1 aromatic rings. The van der Waals surface area contributed by atoms with Crippen LogP contribution in [0.4, 0.5) is 4.39 Å². The number of amidine groups is 1. The number of hydrogen-bond acceptors (Lipinski definition) is 3. The summed E-state index contributed by atoms with van der Waals surface area (Å²) in [5, 5.41) is 16.6. The van der Waals surface area contributed by atoms with E-state index in [1.54, 1.807) is 12.1 Å². The average Bonchev–Trinajstić information content (AvgIpc) is 2.29. The van der Waals surface area contributed by atoms with Crippen LogP contribution in [0.3, 0.4) is 0 Å². The second kappa shape index (κ2) is 5.67. The van der Waals surface area contributed by atoms with Crippen LogP contribution in [-0.2, 0) is 6.54 Å². The molecule has 0 heterocycles. The Morgan fingerprint density at radius 3 is 2.79 bits per heavy atom. The maximum Gasteiger partial charge on any atom is 0.138 e. The second-order valence-corrected chi connectivity index (χ2v) is 5.38. The highest BCUT2D eigenvalue weighted by Gasteiger charge is 2.28. The molecular weight excluding hydrogens is 245 g/mol. The molecule has 1 aliphatic carbocycles. The van der Waals surface area contributed by atoms with Gasteiger partial charge in [0.05, 0.1) is 11.7 Å². The lowest BCUT2D eigenvalue weighted by Gasteiger charge is -2.34. The summed E-state index contributed by atoms with van der Waals surface area (Å²) in [7, 11) is 1.94. The summed E-state index contributed by atoms with van der Waals surface area (Å²) in [6, 6.07) is 4.95. The molecule has 1 aliphatic rings. The normalized spacial score (nSPS) is 22.3. The Labute approximate surface area is 112 Å². The first-order valence-electron chi connectivity index (χ1n) is 6.45. The minimum absolute atomic E-state index is 0.156. The summed E-state index contributed by atoms with van der Waals surface area (Å²) in [5.74, 6) is -0.154. The first kappa shape index (κ1) is 14.0. The molecule has 0 atom stereocenters. The lowest BCUT2D eigenvalue weighted by atomic mass is 9.82. The van der Waals surface area contributed by atoms with Gasteiger partial charge >= 0.3 is 0 Å². The molecule has 2 rings (SSSR count). The lowest BCUT2D eigenvalue weighted by molar-refractivity contribution is 0.0272. The highest BCUT2D eigenvalue weighted by atomic mass is 19.1. The third-order valence-corrected chi connectivity index (χ3v) is 3.59. The van der Waals surface area contributed by atoms with Gasteiger partial charge in [0.25, 0.3) is 0 Å². The van der Waals surface area contributed by atoms with Crippen LogP contribution >= 0.6 is 0 Å². The quantitative estimate of drug-likeness (QED) is 0.555. The zero-order valence-corrected chi connectivity index (χ0v) is 11.1. The number of aliphatic hydroxyl groups is 1. The Balaban J connectivity index is 1.98. The molecule has 0 bridgehead atoms. The highest BCUT2D eigenvalue weighted by molar-refractivity contribution is 5.95. The summed E-state index contributed by atoms with van der Waals surface area (Å²) in [4.78, 5) is 2.04. The molecule has 1 saturated carbocycles. The molecule has 104 valence electrons. The van der Waals surface area contributed by atoms with Crippen molar-refractivity contribution in [1.29, 1.82) is 5.41 Å². The van der Waals surface area contributed by atoms with Crippen molar-refractivity contribution in [3.63, 3.8) is 0 Å². The number of aliphatic hydroxyl groups excluding tert-OH is 1. The van der Waals surface area contributed by atoms with E-state index in [9.17, 15) is 9.50 Å². The first-order chi connectivity index (χ1) is 8.97. The van der Waals surface area contributed by atoms with Gasteiger partial charge in [-0.2, -0.15) is 0 Å². The molecule has 0 aromatic heterocycles. The molecule has 4 N–H and O–H groups in total. The van der Waals surface area contributed by atoms with Crippen molar-refractivity contribution >= 4 is 5.84 Å². The topological polar surface area (TPSA) is 73.3 Å². The van der Waals surface area contributed by atoms with Crippen molar-refractivity contribution < 1.29 is 9.50 Å². The van der Waals surface area contributed by atoms with Gasteiger partial charge in [-0.3, -0.25) is 5.41 Å². The smallest absolute Gasteiger partial charge is 0.138 e. The molecule has 4 nitrogen and oxygen atoms in total. The van der Waals surface area contributed by atoms with Crippen molar-refractivity contribution in [1.82, 2.24) is 4.90 Å². The van der Waals surface area contributed by atoms with Gasteiger partial charge in [0, 0.05) is 18.7 Å². The van der Waals surface area contributed by atoms with Crippen molar-refractivity contribution in [3.8, 4) is 0 Å². The van der Waals surface area contributed by atoms with Crippen molar-refractivity contribution in [2.24, 2.45) is 11.7 Å². The SMILES string of the molecule is CN(Cc1cccc(C(=N)N)c1F)CC1CC(O)C1. The van der Waals surface area contributed by atoms with E-state index in [4.69, 9.17) is 11.1 Å². The standard InChI is InChI=1S/C14H20FN3O/c1-18(7-9-5-11(19)6-9)8-10-3-2-4-12(13(10)15)14(16)17/h2-4,9,11,19H,5-8H2,1H3,(H3,16,17). The number of hydrogen-bond donors (Lipinski definition) is 3. The number of benzene rings is 1. The van der Waals surface area contributed by atoms with Crippen LogP contribution in [0.15, 0.2) is 18.2 Å². The monoisotopic (exact) mass is 265 g/mol. The van der Waals surface area contributed by atoms with Crippen molar-refractivity contribution in [2.75, 3.05) is 13.6 Å². The van der Waals surface area contributed by atoms with Gasteiger partial charge in [-0.1, -0.05) is 12.1 Å². The third kappa shape index (κ3) is 3.30. The summed E-state index contributed by atoms with van der Waals surface area (Å²) < 4.78 is 14.1. The predicted octanol–water partition coefficient (Wildman–Crippen LogP) is 1.31. The van der Waals surface area contributed by atoms with Gasteiger partial charge in [-0.25, -0.2) is 4.39 Å². The second-order valence-electron chi connectivity index (χ2n) is 5.38. The molecule has 0 aliphatic heterocycles. The number of nitrogens with two attached hydrogens (primary N) is 1. The van der Waals surface area contributed by atoms with Crippen LogP contribution in [0.1, 0.15) is 24.0 Å². The van der Waals surface area contributed by atoms with Crippen LogP contribution in [0.5, 0.6) is 0 Å². The fourth-order valence-electron chi connectivity index (χ4n) is 2.56. The Hall–Kier alpha value is -1.46. The van der Waals surface area contributed by atoms with E-state index < -0.39 is 5.82 Å². The third-order valence-electron chi connectivity index (χ3n) is 3.59. The van der Waals surface area contributed by atoms with E-state index in [0.29, 0.717) is 18.0 Å². The zero-order valence-electron chi connectivity index (χ0n) is 11.1. The van der Waals surface area contributed by atoms with E-state index in [-0.39, 0.29) is 17.5 Å². The fraction of sp³-hybridized carbons (Fsp3) is 0.500. The molecule has 5 heteroatoms. The minimum atomic E-state index is -0.407. The summed E-state index contributed by atoms with van der Waals surface area (Å²) >= 11 is 0. The Morgan fingerprint density at radius 1 is 1.53 bits per heavy atom. The summed E-state index contributed by atoms with van der Waals surface area (Å²) in [6.45, 7) is 1.33. The largest absolute Gasteiger partial charge is 0.393 e. The fourth-order valence-corrected chi connectivity index (χ4v) is 2.56. The molecule has 0 spiro atoms. The van der Waals surface area contributed by atoms with Gasteiger partial charge in [-0.15, -0.1) is 0 Å². The van der Waals surface area contributed by atoms with E-state index in [2.05, 4.69) is 0 Å². The number of nitrogen functional groups attached to an aromatic ring is 1. The number of halogens is 1. The average molecular weight is 265 g/mol. The summed E-state index contributed by atoms with van der Waals surface area (Å²) in [6.07, 6.45) is 1.51. The first-order valence-corrected chi connectivity index (χ1v) is 6.45. The molecule has 19 heavy (non-hydrogen) atoms. The number of nitrogens with zero attached hydrogens (tertiary/aromatic N) is 1. The molecule has 0 unspecified atom stereocenters. The van der Waals surface area contributed by atoms with Gasteiger partial charge in [0.15, 0.2) is 0 Å². The maximum absolute atomic E-state index is 14.1. The van der Waals surface area contributed by atoms with Crippen molar-refractivity contribution in [2.45, 2.75) is 25.5 Å². The molecule has 0 saturated heterocycles. The zero-order chi connectivity index (χ0) is 14.0. The molecule has 1 aromatic carbocycles. The van der Waals surface area contributed by atoms with Gasteiger partial charge in [0.2, 0.25) is 0 Å². The number of nitrogens with one attached hydrogen (secondary N) is 1. The maximum atomic E-state index is 14.1. The van der Waals surface area contributed by atoms with Crippen LogP contribution in [0, 0.1) is 17.1 Å². The van der Waals surface area contributed by atoms with E-state index in [1.807, 2.05) is 11.9 Å². The Morgan fingerprint density at radius 2 is 2.21 bits per heavy atom. The van der Waals surface area contributed by atoms with Crippen molar-refractivity contribution in [3.05, 3.63) is 35.1 Å². The molecule has 0 amide bonds. The van der Waals surface area contributed by atoms with E-state index in [0.717, 1.165) is 19.4 Å². The Kier molecular flexibility index (Phi) is 4.17. The van der Waals surface area contributed by atoms with E-state index >= 15 is 0 Å². The Bertz CT molecular complexity index is 472.